The molecule has 2 atom stereocenters. The van der Waals surface area contributed by atoms with Crippen molar-refractivity contribution in [3.05, 3.63) is 53.4 Å². The van der Waals surface area contributed by atoms with Gasteiger partial charge in [0.2, 0.25) is 11.9 Å². The highest BCUT2D eigenvalue weighted by Gasteiger charge is 2.35. The van der Waals surface area contributed by atoms with E-state index in [4.69, 9.17) is 10.5 Å². The molecule has 37 heavy (non-hydrogen) atoms. The standard InChI is InChI=1S/C25H31F3N8O/c1-3-23-32-25(34(2)33-23)35-6-4-15(5-7-35)14-37-16-10-30-24(31-11-16)36-12-18(22(29)13-36)17-8-20(27)21(28)9-19(17)26/h8-11,15,18,22H,3-7,12-14,29H2,1-2H3/t18-,22+/m1/s1. The van der Waals surface area contributed by atoms with Crippen molar-refractivity contribution in [1.82, 2.24) is 24.7 Å². The van der Waals surface area contributed by atoms with E-state index >= 15 is 0 Å². The number of anilines is 2. The molecule has 2 N–H and O–H groups in total. The molecule has 12 heteroatoms. The minimum Gasteiger partial charge on any atom is -0.490 e. The molecule has 1 aromatic carbocycles. The third-order valence-electron chi connectivity index (χ3n) is 7.18. The molecule has 5 rings (SSSR count). The summed E-state index contributed by atoms with van der Waals surface area (Å²) < 4.78 is 49.1. The van der Waals surface area contributed by atoms with Gasteiger partial charge in [-0.15, -0.1) is 0 Å². The highest BCUT2D eigenvalue weighted by Crippen LogP contribution is 2.31. The molecule has 2 saturated heterocycles. The van der Waals surface area contributed by atoms with Gasteiger partial charge < -0.3 is 20.3 Å². The summed E-state index contributed by atoms with van der Waals surface area (Å²) in [5.41, 5.74) is 6.26. The van der Waals surface area contributed by atoms with Gasteiger partial charge in [-0.2, -0.15) is 10.1 Å². The van der Waals surface area contributed by atoms with E-state index in [9.17, 15) is 13.2 Å². The first-order chi connectivity index (χ1) is 17.8. The summed E-state index contributed by atoms with van der Waals surface area (Å²) in [4.78, 5) is 17.5. The Bertz CT molecular complexity index is 1230. The Kier molecular flexibility index (Phi) is 7.18. The largest absolute Gasteiger partial charge is 0.490 e. The summed E-state index contributed by atoms with van der Waals surface area (Å²) in [5, 5.41) is 4.44. The van der Waals surface area contributed by atoms with Crippen LogP contribution < -0.4 is 20.3 Å². The van der Waals surface area contributed by atoms with Crippen LogP contribution >= 0.6 is 0 Å². The average molecular weight is 517 g/mol. The van der Waals surface area contributed by atoms with Gasteiger partial charge in [-0.1, -0.05) is 6.92 Å². The van der Waals surface area contributed by atoms with Crippen molar-refractivity contribution in [2.24, 2.45) is 18.7 Å². The second-order valence-electron chi connectivity index (χ2n) is 9.73. The van der Waals surface area contributed by atoms with Crippen LogP contribution in [0.25, 0.3) is 0 Å². The number of hydrogen-bond acceptors (Lipinski definition) is 8. The molecular weight excluding hydrogens is 485 g/mol. The Balaban J connectivity index is 1.13. The maximum absolute atomic E-state index is 14.3. The van der Waals surface area contributed by atoms with Crippen LogP contribution in [0.1, 0.15) is 37.1 Å². The van der Waals surface area contributed by atoms with Gasteiger partial charge in [0, 0.05) is 57.7 Å². The van der Waals surface area contributed by atoms with Crippen LogP contribution in [0.15, 0.2) is 24.5 Å². The molecule has 3 aromatic rings. The average Bonchev–Trinajstić information content (AvgIpc) is 3.48. The molecule has 0 bridgehead atoms. The topological polar surface area (TPSA) is 98.2 Å². The molecule has 0 unspecified atom stereocenters. The van der Waals surface area contributed by atoms with Crippen molar-refractivity contribution in [1.29, 1.82) is 0 Å². The minimum atomic E-state index is -1.22. The lowest BCUT2D eigenvalue weighted by Crippen LogP contribution is -2.37. The Hall–Kier alpha value is -3.41. The number of piperidine rings is 1. The lowest BCUT2D eigenvalue weighted by Gasteiger charge is -2.32. The molecule has 0 amide bonds. The Morgan fingerprint density at radius 2 is 1.70 bits per heavy atom. The first-order valence-corrected chi connectivity index (χ1v) is 12.6. The number of aryl methyl sites for hydroxylation is 2. The quantitative estimate of drug-likeness (QED) is 0.479. The fourth-order valence-corrected chi connectivity index (χ4v) is 5.06. The van der Waals surface area contributed by atoms with Gasteiger partial charge in [0.25, 0.3) is 0 Å². The second kappa shape index (κ2) is 10.5. The van der Waals surface area contributed by atoms with E-state index in [1.165, 1.54) is 0 Å². The minimum absolute atomic E-state index is 0.0601. The summed E-state index contributed by atoms with van der Waals surface area (Å²) in [6.07, 6.45) is 6.01. The van der Waals surface area contributed by atoms with Crippen molar-refractivity contribution in [2.75, 3.05) is 42.6 Å². The molecule has 0 aliphatic carbocycles. The summed E-state index contributed by atoms with van der Waals surface area (Å²) in [6, 6.07) is 0.973. The fraction of sp³-hybridized carbons (Fsp3) is 0.520. The Morgan fingerprint density at radius 3 is 2.38 bits per heavy atom. The van der Waals surface area contributed by atoms with Gasteiger partial charge in [0.05, 0.1) is 19.0 Å². The zero-order valence-electron chi connectivity index (χ0n) is 20.9. The molecule has 0 radical (unpaired) electrons. The highest BCUT2D eigenvalue weighted by atomic mass is 19.2. The SMILES string of the molecule is CCc1nc(N2CCC(COc3cnc(N4C[C@H](c5cc(F)c(F)cc5F)[C@@H](N)C4)nc3)CC2)n(C)n1. The third-order valence-corrected chi connectivity index (χ3v) is 7.18. The molecule has 0 saturated carbocycles. The maximum Gasteiger partial charge on any atom is 0.225 e. The lowest BCUT2D eigenvalue weighted by atomic mass is 9.94. The van der Waals surface area contributed by atoms with Crippen molar-refractivity contribution < 1.29 is 17.9 Å². The molecule has 2 aliphatic rings. The first-order valence-electron chi connectivity index (χ1n) is 12.6. The van der Waals surface area contributed by atoms with Crippen molar-refractivity contribution in [3.8, 4) is 5.75 Å². The number of rotatable bonds is 7. The van der Waals surface area contributed by atoms with E-state index in [1.807, 2.05) is 23.6 Å². The van der Waals surface area contributed by atoms with E-state index < -0.39 is 29.4 Å². The van der Waals surface area contributed by atoms with Crippen LogP contribution in [0.3, 0.4) is 0 Å². The zero-order chi connectivity index (χ0) is 26.1. The number of halogens is 3. The van der Waals surface area contributed by atoms with E-state index in [2.05, 4.69) is 25.0 Å². The maximum atomic E-state index is 14.3. The van der Waals surface area contributed by atoms with Crippen molar-refractivity contribution in [3.63, 3.8) is 0 Å². The second-order valence-corrected chi connectivity index (χ2v) is 9.73. The van der Waals surface area contributed by atoms with Crippen LogP contribution in [0.5, 0.6) is 5.75 Å². The van der Waals surface area contributed by atoms with Gasteiger partial charge in [-0.3, -0.25) is 0 Å². The van der Waals surface area contributed by atoms with Gasteiger partial charge in [0.1, 0.15) is 5.82 Å². The highest BCUT2D eigenvalue weighted by molar-refractivity contribution is 5.39. The molecule has 2 aromatic heterocycles. The van der Waals surface area contributed by atoms with E-state index in [0.717, 1.165) is 50.2 Å². The van der Waals surface area contributed by atoms with Crippen LogP contribution in [0.4, 0.5) is 25.1 Å². The predicted molar refractivity (Wildman–Crippen MR) is 132 cm³/mol. The van der Waals surface area contributed by atoms with E-state index in [0.29, 0.717) is 43.4 Å². The Morgan fingerprint density at radius 1 is 1.00 bits per heavy atom. The van der Waals surface area contributed by atoms with Crippen LogP contribution in [0, 0.1) is 23.4 Å². The number of aromatic nitrogens is 5. The molecule has 2 aliphatic heterocycles. The van der Waals surface area contributed by atoms with Gasteiger partial charge >= 0.3 is 0 Å². The van der Waals surface area contributed by atoms with Gasteiger partial charge in [0.15, 0.2) is 23.2 Å². The summed E-state index contributed by atoms with van der Waals surface area (Å²) >= 11 is 0. The summed E-state index contributed by atoms with van der Waals surface area (Å²) in [7, 11) is 1.93. The molecule has 0 spiro atoms. The number of benzene rings is 1. The molecule has 198 valence electrons. The fourth-order valence-electron chi connectivity index (χ4n) is 5.06. The molecule has 2 fully saturated rings. The number of nitrogens with zero attached hydrogens (tertiary/aromatic N) is 7. The summed E-state index contributed by atoms with van der Waals surface area (Å²) in [5.74, 6) is -0.441. The third kappa shape index (κ3) is 5.34. The number of ether oxygens (including phenoxy) is 1. The molecule has 9 nitrogen and oxygen atoms in total. The molecular formula is C25H31F3N8O. The monoisotopic (exact) mass is 516 g/mol. The number of hydrogen-bond donors (Lipinski definition) is 1. The van der Waals surface area contributed by atoms with Crippen molar-refractivity contribution >= 4 is 11.9 Å². The Labute approximate surface area is 213 Å². The summed E-state index contributed by atoms with van der Waals surface area (Å²) in [6.45, 7) is 5.08. The predicted octanol–water partition coefficient (Wildman–Crippen LogP) is 2.81. The molecule has 4 heterocycles. The van der Waals surface area contributed by atoms with Crippen LogP contribution in [0.2, 0.25) is 0 Å². The van der Waals surface area contributed by atoms with Gasteiger partial charge in [-0.25, -0.2) is 27.8 Å². The number of nitrogens with two attached hydrogens (primary N) is 1. The first kappa shape index (κ1) is 25.2. The zero-order valence-corrected chi connectivity index (χ0v) is 20.9. The lowest BCUT2D eigenvalue weighted by molar-refractivity contribution is 0.221. The smallest absolute Gasteiger partial charge is 0.225 e. The van der Waals surface area contributed by atoms with Crippen LogP contribution in [-0.4, -0.2) is 63.6 Å². The van der Waals surface area contributed by atoms with Crippen LogP contribution in [-0.2, 0) is 13.5 Å². The van der Waals surface area contributed by atoms with E-state index in [1.54, 1.807) is 12.4 Å². The normalized spacial score (nSPS) is 20.6. The van der Waals surface area contributed by atoms with Gasteiger partial charge in [-0.05, 0) is 30.4 Å². The van der Waals surface area contributed by atoms with Crippen molar-refractivity contribution in [2.45, 2.75) is 38.1 Å². The van der Waals surface area contributed by atoms with E-state index in [-0.39, 0.29) is 5.56 Å².